The first-order valence-corrected chi connectivity index (χ1v) is 12.3. The molecular weight excluding hydrogens is 521 g/mol. The molecule has 0 fully saturated rings. The van der Waals surface area contributed by atoms with E-state index in [1.165, 1.54) is 0 Å². The highest BCUT2D eigenvalue weighted by Crippen LogP contribution is 2.37. The van der Waals surface area contributed by atoms with E-state index in [4.69, 9.17) is 28.5 Å². The Balaban J connectivity index is 1.69. The number of fused-ring (bicyclic) bond motifs is 1. The summed E-state index contributed by atoms with van der Waals surface area (Å²) in [5, 5.41) is 23.6. The Hall–Kier alpha value is -4.57. The van der Waals surface area contributed by atoms with Crippen LogP contribution < -0.4 is 5.32 Å². The number of carboxylic acid groups (broad SMARTS) is 1. The van der Waals surface area contributed by atoms with Gasteiger partial charge in [-0.05, 0) is 89.3 Å². The zero-order valence-electron chi connectivity index (χ0n) is 19.8. The second-order valence-corrected chi connectivity index (χ2v) is 9.57. The Labute approximate surface area is 228 Å². The van der Waals surface area contributed by atoms with Crippen molar-refractivity contribution < 1.29 is 14.7 Å². The standard InChI is InChI=1S/C30H19Cl2N3O3/c31-23-10-8-20(9-11-23)29(36)35-27-26-22(12-18-2-1-3-24(32)13-18)14-21(15-25(26)34-28(27)30(37)38)19-6-4-17(16-33)5-7-19/h1-11,13-15,34H,12H2,(H,35,36)(H,37,38). The minimum absolute atomic E-state index is 0.133. The van der Waals surface area contributed by atoms with Gasteiger partial charge >= 0.3 is 5.97 Å². The molecule has 0 aliphatic rings. The fraction of sp³-hybridized carbons (Fsp3) is 0.0333. The summed E-state index contributed by atoms with van der Waals surface area (Å²) in [6, 6.07) is 26.8. The summed E-state index contributed by atoms with van der Waals surface area (Å²) in [5.74, 6) is -1.67. The number of aromatic amines is 1. The van der Waals surface area contributed by atoms with Crippen LogP contribution in [0.5, 0.6) is 0 Å². The number of hydrogen-bond donors (Lipinski definition) is 3. The van der Waals surface area contributed by atoms with Gasteiger partial charge < -0.3 is 15.4 Å². The lowest BCUT2D eigenvalue weighted by molar-refractivity contribution is 0.0692. The van der Waals surface area contributed by atoms with Crippen LogP contribution in [0.15, 0.2) is 84.9 Å². The lowest BCUT2D eigenvalue weighted by Gasteiger charge is -2.12. The Morgan fingerprint density at radius 3 is 2.29 bits per heavy atom. The lowest BCUT2D eigenvalue weighted by atomic mass is 9.95. The van der Waals surface area contributed by atoms with Crippen molar-refractivity contribution in [2.24, 2.45) is 0 Å². The Morgan fingerprint density at radius 1 is 0.895 bits per heavy atom. The van der Waals surface area contributed by atoms with Gasteiger partial charge in [0.1, 0.15) is 5.69 Å². The first-order valence-electron chi connectivity index (χ1n) is 11.6. The van der Waals surface area contributed by atoms with Crippen molar-refractivity contribution in [2.45, 2.75) is 6.42 Å². The van der Waals surface area contributed by atoms with E-state index < -0.39 is 11.9 Å². The van der Waals surface area contributed by atoms with Gasteiger partial charge in [-0.1, -0.05) is 47.5 Å². The highest BCUT2D eigenvalue weighted by Gasteiger charge is 2.23. The monoisotopic (exact) mass is 539 g/mol. The maximum Gasteiger partial charge on any atom is 0.354 e. The number of aromatic nitrogens is 1. The molecule has 3 N–H and O–H groups in total. The van der Waals surface area contributed by atoms with Crippen molar-refractivity contribution in [1.82, 2.24) is 4.98 Å². The minimum atomic E-state index is -1.21. The molecule has 1 aromatic heterocycles. The molecule has 0 unspecified atom stereocenters. The van der Waals surface area contributed by atoms with E-state index >= 15 is 0 Å². The third kappa shape index (κ3) is 5.12. The first kappa shape index (κ1) is 25.1. The molecule has 0 saturated carbocycles. The molecule has 1 amide bonds. The third-order valence-corrected chi connectivity index (χ3v) is 6.66. The SMILES string of the molecule is N#Cc1ccc(-c2cc(Cc3cccc(Cl)c3)c3c(NC(=O)c4ccc(Cl)cc4)c(C(=O)O)[nH]c3c2)cc1. The summed E-state index contributed by atoms with van der Waals surface area (Å²) in [5.41, 5.74) is 4.86. The molecule has 0 radical (unpaired) electrons. The molecule has 0 aliphatic heterocycles. The van der Waals surface area contributed by atoms with Crippen molar-refractivity contribution in [3.63, 3.8) is 0 Å². The minimum Gasteiger partial charge on any atom is -0.477 e. The number of carboxylic acids is 1. The maximum atomic E-state index is 13.1. The van der Waals surface area contributed by atoms with Crippen molar-refractivity contribution in [2.75, 3.05) is 5.32 Å². The van der Waals surface area contributed by atoms with Gasteiger partial charge in [-0.3, -0.25) is 4.79 Å². The van der Waals surface area contributed by atoms with Gasteiger partial charge in [-0.2, -0.15) is 5.26 Å². The zero-order chi connectivity index (χ0) is 26.8. The maximum absolute atomic E-state index is 13.1. The molecule has 186 valence electrons. The molecule has 0 saturated heterocycles. The molecule has 0 spiro atoms. The van der Waals surface area contributed by atoms with Gasteiger partial charge in [-0.25, -0.2) is 4.79 Å². The molecule has 0 atom stereocenters. The summed E-state index contributed by atoms with van der Waals surface area (Å²) >= 11 is 12.2. The summed E-state index contributed by atoms with van der Waals surface area (Å²) < 4.78 is 0. The molecular formula is C30H19Cl2N3O3. The van der Waals surface area contributed by atoms with Crippen LogP contribution in [0.4, 0.5) is 5.69 Å². The molecule has 1 heterocycles. The quantitative estimate of drug-likeness (QED) is 0.207. The number of carbonyl (C=O) groups is 2. The predicted octanol–water partition coefficient (Wildman–Crippen LogP) is 7.55. The summed E-state index contributed by atoms with van der Waals surface area (Å²) in [6.07, 6.45) is 0.432. The number of halogens is 2. The average molecular weight is 540 g/mol. The van der Waals surface area contributed by atoms with Crippen LogP contribution >= 0.6 is 23.2 Å². The second-order valence-electron chi connectivity index (χ2n) is 8.69. The van der Waals surface area contributed by atoms with Crippen molar-refractivity contribution in [1.29, 1.82) is 5.26 Å². The predicted molar refractivity (Wildman–Crippen MR) is 149 cm³/mol. The molecule has 6 nitrogen and oxygen atoms in total. The molecule has 38 heavy (non-hydrogen) atoms. The molecule has 5 aromatic rings. The number of aromatic carboxylic acids is 1. The van der Waals surface area contributed by atoms with E-state index in [1.807, 2.05) is 42.5 Å². The smallest absolute Gasteiger partial charge is 0.354 e. The number of nitrogens with zero attached hydrogens (tertiary/aromatic N) is 1. The number of carbonyl (C=O) groups excluding carboxylic acids is 1. The van der Waals surface area contributed by atoms with Crippen LogP contribution in [0, 0.1) is 11.3 Å². The Kier molecular flexibility index (Phi) is 6.89. The van der Waals surface area contributed by atoms with Crippen LogP contribution in [0.2, 0.25) is 10.0 Å². The van der Waals surface area contributed by atoms with Crippen LogP contribution in [0.25, 0.3) is 22.0 Å². The first-order chi connectivity index (χ1) is 18.3. The number of hydrogen-bond acceptors (Lipinski definition) is 3. The Morgan fingerprint density at radius 2 is 1.63 bits per heavy atom. The van der Waals surface area contributed by atoms with Gasteiger partial charge in [-0.15, -0.1) is 0 Å². The highest BCUT2D eigenvalue weighted by molar-refractivity contribution is 6.31. The van der Waals surface area contributed by atoms with E-state index in [2.05, 4.69) is 16.4 Å². The van der Waals surface area contributed by atoms with Crippen LogP contribution in [-0.2, 0) is 6.42 Å². The molecule has 8 heteroatoms. The number of benzene rings is 4. The van der Waals surface area contributed by atoms with Gasteiger partial charge in [0.05, 0.1) is 17.3 Å². The largest absolute Gasteiger partial charge is 0.477 e. The Bertz CT molecular complexity index is 1730. The van der Waals surface area contributed by atoms with Gasteiger partial charge in [0, 0.05) is 26.5 Å². The van der Waals surface area contributed by atoms with E-state index in [0.717, 1.165) is 22.3 Å². The van der Waals surface area contributed by atoms with E-state index in [0.29, 0.717) is 38.5 Å². The molecule has 5 rings (SSSR count). The van der Waals surface area contributed by atoms with Gasteiger partial charge in [0.15, 0.2) is 0 Å². The van der Waals surface area contributed by atoms with Crippen LogP contribution in [0.1, 0.15) is 37.5 Å². The number of nitrogens with one attached hydrogen (secondary N) is 2. The summed E-state index contributed by atoms with van der Waals surface area (Å²) in [4.78, 5) is 28.3. The number of amides is 1. The van der Waals surface area contributed by atoms with Gasteiger partial charge in [0.25, 0.3) is 5.91 Å². The second kappa shape index (κ2) is 10.4. The van der Waals surface area contributed by atoms with Crippen molar-refractivity contribution in [3.05, 3.63) is 123 Å². The number of rotatable bonds is 6. The topological polar surface area (TPSA) is 106 Å². The number of anilines is 1. The fourth-order valence-corrected chi connectivity index (χ4v) is 4.74. The van der Waals surface area contributed by atoms with Crippen molar-refractivity contribution >= 4 is 51.7 Å². The number of H-pyrrole nitrogens is 1. The zero-order valence-corrected chi connectivity index (χ0v) is 21.3. The van der Waals surface area contributed by atoms with Crippen molar-refractivity contribution in [3.8, 4) is 17.2 Å². The molecule has 0 aliphatic carbocycles. The average Bonchev–Trinajstić information content (AvgIpc) is 3.28. The van der Waals surface area contributed by atoms with Crippen LogP contribution in [-0.4, -0.2) is 22.0 Å². The fourth-order valence-electron chi connectivity index (χ4n) is 4.40. The van der Waals surface area contributed by atoms with E-state index in [-0.39, 0.29) is 11.4 Å². The highest BCUT2D eigenvalue weighted by atomic mass is 35.5. The number of nitriles is 1. The summed E-state index contributed by atoms with van der Waals surface area (Å²) in [6.45, 7) is 0. The summed E-state index contributed by atoms with van der Waals surface area (Å²) in [7, 11) is 0. The lowest BCUT2D eigenvalue weighted by Crippen LogP contribution is -2.14. The normalized spacial score (nSPS) is 10.8. The van der Waals surface area contributed by atoms with E-state index in [1.54, 1.807) is 42.5 Å². The van der Waals surface area contributed by atoms with Crippen LogP contribution in [0.3, 0.4) is 0 Å². The van der Waals surface area contributed by atoms with Gasteiger partial charge in [0.2, 0.25) is 0 Å². The third-order valence-electron chi connectivity index (χ3n) is 6.17. The van der Waals surface area contributed by atoms with E-state index in [9.17, 15) is 14.7 Å². The molecule has 4 aromatic carbocycles. The molecule has 0 bridgehead atoms.